The van der Waals surface area contributed by atoms with Crippen molar-refractivity contribution in [3.8, 4) is 0 Å². The van der Waals surface area contributed by atoms with Gasteiger partial charge in [0.1, 0.15) is 0 Å². The molecule has 2 fully saturated rings. The van der Waals surface area contributed by atoms with Gasteiger partial charge in [-0.05, 0) is 37.1 Å². The Kier molecular flexibility index (Phi) is 1.92. The van der Waals surface area contributed by atoms with E-state index in [-0.39, 0.29) is 0 Å². The maximum atomic E-state index is 3.50. The Morgan fingerprint density at radius 1 is 1.36 bits per heavy atom. The molecule has 1 spiro atoms. The van der Waals surface area contributed by atoms with E-state index in [2.05, 4.69) is 12.2 Å². The summed E-state index contributed by atoms with van der Waals surface area (Å²) in [7, 11) is 0. The normalized spacial score (nSPS) is 45.0. The van der Waals surface area contributed by atoms with Crippen LogP contribution in [0, 0.1) is 11.3 Å². The summed E-state index contributed by atoms with van der Waals surface area (Å²) in [6.45, 7) is 4.99. The number of hydrogen-bond donors (Lipinski definition) is 1. The van der Waals surface area contributed by atoms with Gasteiger partial charge in [0.15, 0.2) is 0 Å². The van der Waals surface area contributed by atoms with E-state index in [1.807, 2.05) is 0 Å². The first-order valence-corrected chi connectivity index (χ1v) is 5.02. The highest BCUT2D eigenvalue weighted by Gasteiger charge is 2.36. The zero-order valence-corrected chi connectivity index (χ0v) is 7.53. The standard InChI is InChI=1S/C10H19N/c1-9-3-2-4-10(7-9)5-6-11-8-10/h9,11H,2-8H2,1H3. The van der Waals surface area contributed by atoms with Crippen LogP contribution in [0.5, 0.6) is 0 Å². The van der Waals surface area contributed by atoms with Gasteiger partial charge in [-0.25, -0.2) is 0 Å². The van der Waals surface area contributed by atoms with Gasteiger partial charge in [-0.15, -0.1) is 0 Å². The molecular weight excluding hydrogens is 134 g/mol. The van der Waals surface area contributed by atoms with E-state index >= 15 is 0 Å². The number of nitrogens with one attached hydrogen (secondary N) is 1. The fourth-order valence-electron chi connectivity index (χ4n) is 2.95. The van der Waals surface area contributed by atoms with Crippen LogP contribution in [0.15, 0.2) is 0 Å². The Morgan fingerprint density at radius 3 is 2.91 bits per heavy atom. The Morgan fingerprint density at radius 2 is 2.27 bits per heavy atom. The zero-order chi connectivity index (χ0) is 7.73. The number of hydrogen-bond acceptors (Lipinski definition) is 1. The van der Waals surface area contributed by atoms with Gasteiger partial charge in [0, 0.05) is 6.54 Å². The third kappa shape index (κ3) is 1.44. The zero-order valence-electron chi connectivity index (χ0n) is 7.53. The van der Waals surface area contributed by atoms with Crippen LogP contribution in [-0.2, 0) is 0 Å². The molecule has 2 rings (SSSR count). The molecular formula is C10H19N. The van der Waals surface area contributed by atoms with Crippen molar-refractivity contribution >= 4 is 0 Å². The molecule has 0 radical (unpaired) electrons. The fraction of sp³-hybridized carbons (Fsp3) is 1.00. The van der Waals surface area contributed by atoms with Crippen molar-refractivity contribution in [1.29, 1.82) is 0 Å². The van der Waals surface area contributed by atoms with E-state index < -0.39 is 0 Å². The summed E-state index contributed by atoms with van der Waals surface area (Å²) in [5.74, 6) is 0.989. The number of rotatable bonds is 0. The Bertz CT molecular complexity index is 136. The van der Waals surface area contributed by atoms with Crippen molar-refractivity contribution < 1.29 is 0 Å². The molecule has 2 unspecified atom stereocenters. The summed E-state index contributed by atoms with van der Waals surface area (Å²) in [6.07, 6.45) is 7.37. The fourth-order valence-corrected chi connectivity index (χ4v) is 2.95. The van der Waals surface area contributed by atoms with Crippen molar-refractivity contribution in [2.75, 3.05) is 13.1 Å². The van der Waals surface area contributed by atoms with Gasteiger partial charge in [0.2, 0.25) is 0 Å². The van der Waals surface area contributed by atoms with E-state index in [0.717, 1.165) is 11.3 Å². The largest absolute Gasteiger partial charge is 0.316 e. The minimum absolute atomic E-state index is 0.734. The maximum absolute atomic E-state index is 3.50. The molecule has 1 saturated heterocycles. The molecule has 2 aliphatic rings. The highest BCUT2D eigenvalue weighted by Crippen LogP contribution is 2.43. The minimum Gasteiger partial charge on any atom is -0.316 e. The third-order valence-corrected chi connectivity index (χ3v) is 3.52. The summed E-state index contributed by atoms with van der Waals surface area (Å²) in [6, 6.07) is 0. The van der Waals surface area contributed by atoms with Crippen LogP contribution in [0.4, 0.5) is 0 Å². The Balaban J connectivity index is 2.00. The smallest absolute Gasteiger partial charge is 0.000839 e. The van der Waals surface area contributed by atoms with Crippen LogP contribution in [0.1, 0.15) is 39.0 Å². The lowest BCUT2D eigenvalue weighted by Crippen LogP contribution is -2.29. The van der Waals surface area contributed by atoms with Gasteiger partial charge in [0.05, 0.1) is 0 Å². The topological polar surface area (TPSA) is 12.0 Å². The average Bonchev–Trinajstić information content (AvgIpc) is 2.37. The van der Waals surface area contributed by atoms with E-state index in [1.165, 1.54) is 45.2 Å². The van der Waals surface area contributed by atoms with Gasteiger partial charge < -0.3 is 5.32 Å². The third-order valence-electron chi connectivity index (χ3n) is 3.52. The molecule has 1 N–H and O–H groups in total. The minimum atomic E-state index is 0.734. The quantitative estimate of drug-likeness (QED) is 0.562. The lowest BCUT2D eigenvalue weighted by atomic mass is 9.70. The first kappa shape index (κ1) is 7.60. The van der Waals surface area contributed by atoms with Crippen molar-refractivity contribution in [2.45, 2.75) is 39.0 Å². The van der Waals surface area contributed by atoms with Crippen molar-refractivity contribution in [1.82, 2.24) is 5.32 Å². The van der Waals surface area contributed by atoms with Gasteiger partial charge >= 0.3 is 0 Å². The molecule has 0 bridgehead atoms. The Hall–Kier alpha value is -0.0400. The molecule has 1 heteroatoms. The monoisotopic (exact) mass is 153 g/mol. The van der Waals surface area contributed by atoms with Crippen LogP contribution in [0.2, 0.25) is 0 Å². The SMILES string of the molecule is CC1CCCC2(CCNC2)C1. The summed E-state index contributed by atoms with van der Waals surface area (Å²) >= 11 is 0. The summed E-state index contributed by atoms with van der Waals surface area (Å²) < 4.78 is 0. The van der Waals surface area contributed by atoms with E-state index in [4.69, 9.17) is 0 Å². The van der Waals surface area contributed by atoms with Gasteiger partial charge in [0.25, 0.3) is 0 Å². The highest BCUT2D eigenvalue weighted by molar-refractivity contribution is 4.91. The van der Waals surface area contributed by atoms with Crippen LogP contribution in [0.25, 0.3) is 0 Å². The molecule has 0 aromatic rings. The first-order valence-electron chi connectivity index (χ1n) is 5.02. The van der Waals surface area contributed by atoms with E-state index in [9.17, 15) is 0 Å². The summed E-state index contributed by atoms with van der Waals surface area (Å²) in [4.78, 5) is 0. The van der Waals surface area contributed by atoms with Crippen molar-refractivity contribution in [3.05, 3.63) is 0 Å². The van der Waals surface area contributed by atoms with Crippen molar-refractivity contribution in [3.63, 3.8) is 0 Å². The van der Waals surface area contributed by atoms with Crippen molar-refractivity contribution in [2.24, 2.45) is 11.3 Å². The lowest BCUT2D eigenvalue weighted by molar-refractivity contribution is 0.169. The molecule has 1 nitrogen and oxygen atoms in total. The second kappa shape index (κ2) is 2.78. The lowest BCUT2D eigenvalue weighted by Gasteiger charge is -2.36. The molecule has 0 aromatic carbocycles. The summed E-state index contributed by atoms with van der Waals surface area (Å²) in [5, 5.41) is 3.50. The first-order chi connectivity index (χ1) is 5.31. The van der Waals surface area contributed by atoms with Crippen LogP contribution in [-0.4, -0.2) is 13.1 Å². The van der Waals surface area contributed by atoms with Gasteiger partial charge in [-0.3, -0.25) is 0 Å². The molecule has 11 heavy (non-hydrogen) atoms. The second-order valence-corrected chi connectivity index (χ2v) is 4.63. The second-order valence-electron chi connectivity index (χ2n) is 4.63. The molecule has 64 valence electrons. The molecule has 0 amide bonds. The Labute approximate surface area is 69.6 Å². The van der Waals surface area contributed by atoms with Crippen LogP contribution < -0.4 is 5.32 Å². The average molecular weight is 153 g/mol. The summed E-state index contributed by atoms with van der Waals surface area (Å²) in [5.41, 5.74) is 0.734. The molecule has 0 aromatic heterocycles. The molecule has 2 atom stereocenters. The molecule has 1 aliphatic carbocycles. The van der Waals surface area contributed by atoms with Gasteiger partial charge in [-0.2, -0.15) is 0 Å². The predicted octanol–water partition coefficient (Wildman–Crippen LogP) is 2.18. The molecule has 1 aliphatic heterocycles. The van der Waals surface area contributed by atoms with Gasteiger partial charge in [-0.1, -0.05) is 19.8 Å². The van der Waals surface area contributed by atoms with Crippen LogP contribution >= 0.6 is 0 Å². The molecule has 1 saturated carbocycles. The van der Waals surface area contributed by atoms with Crippen LogP contribution in [0.3, 0.4) is 0 Å². The maximum Gasteiger partial charge on any atom is 0.000839 e. The highest BCUT2D eigenvalue weighted by atomic mass is 14.9. The molecule has 1 heterocycles. The van der Waals surface area contributed by atoms with E-state index in [0.29, 0.717) is 0 Å². The van der Waals surface area contributed by atoms with E-state index in [1.54, 1.807) is 0 Å². The predicted molar refractivity (Wildman–Crippen MR) is 47.6 cm³/mol.